The number of nitrogens with zero attached hydrogens (tertiary/aromatic N) is 2. The first kappa shape index (κ1) is 23.3. The van der Waals surface area contributed by atoms with Crippen LogP contribution in [0.2, 0.25) is 0 Å². The van der Waals surface area contributed by atoms with Crippen LogP contribution >= 0.6 is 0 Å². The molecule has 0 saturated heterocycles. The zero-order chi connectivity index (χ0) is 24.5. The highest BCUT2D eigenvalue weighted by molar-refractivity contribution is 6.11. The third-order valence-corrected chi connectivity index (χ3v) is 6.11. The molecule has 4 rings (SSSR count). The van der Waals surface area contributed by atoms with Crippen molar-refractivity contribution in [1.82, 2.24) is 10.2 Å². The number of fused-ring (bicyclic) bond motifs is 1. The van der Waals surface area contributed by atoms with E-state index < -0.39 is 0 Å². The molecule has 1 atom stereocenters. The van der Waals surface area contributed by atoms with Crippen molar-refractivity contribution >= 4 is 17.2 Å². The molecule has 0 radical (unpaired) electrons. The molecule has 2 heterocycles. The molecular weight excluding hydrogens is 422 g/mol. The van der Waals surface area contributed by atoms with Crippen molar-refractivity contribution in [2.75, 3.05) is 12.0 Å². The topological polar surface area (TPSA) is 58.2 Å². The Morgan fingerprint density at radius 3 is 2.47 bits per heavy atom. The van der Waals surface area contributed by atoms with Gasteiger partial charge in [0.25, 0.3) is 5.91 Å². The minimum absolute atomic E-state index is 0.126. The Balaban J connectivity index is 1.87. The molecule has 1 amide bonds. The number of benzene rings is 2. The van der Waals surface area contributed by atoms with Crippen LogP contribution in [0.1, 0.15) is 66.6 Å². The predicted octanol–water partition coefficient (Wildman–Crippen LogP) is 6.61. The van der Waals surface area contributed by atoms with E-state index in [1.165, 1.54) is 0 Å². The van der Waals surface area contributed by atoms with E-state index in [2.05, 4.69) is 37.5 Å². The summed E-state index contributed by atoms with van der Waals surface area (Å²) in [7, 11) is 1.66. The molecule has 1 aromatic heterocycles. The van der Waals surface area contributed by atoms with Crippen LogP contribution in [0.5, 0.6) is 5.75 Å². The number of carbonyl (C=O) groups excluding carboxylic acids is 1. The maximum absolute atomic E-state index is 13.7. The number of rotatable bonds is 6. The minimum atomic E-state index is -0.352. The fourth-order valence-electron chi connectivity index (χ4n) is 4.46. The van der Waals surface area contributed by atoms with Crippen LogP contribution in [0.4, 0.5) is 5.69 Å². The van der Waals surface area contributed by atoms with Gasteiger partial charge in [-0.25, -0.2) is 0 Å². The van der Waals surface area contributed by atoms with E-state index in [1.807, 2.05) is 84.7 Å². The maximum atomic E-state index is 13.7. The molecule has 174 valence electrons. The number of nitrogens with one attached hydrogen (secondary N) is 1. The van der Waals surface area contributed by atoms with Crippen LogP contribution in [0, 0.1) is 0 Å². The third-order valence-electron chi connectivity index (χ3n) is 6.11. The first-order valence-electron chi connectivity index (χ1n) is 11.4. The largest absolute Gasteiger partial charge is 0.496 e. The molecule has 34 heavy (non-hydrogen) atoms. The number of ether oxygens (including phenoxy) is 1. The number of hydrogen-bond acceptors (Lipinski definition) is 3. The van der Waals surface area contributed by atoms with Crippen LogP contribution in [0.25, 0.3) is 5.57 Å². The summed E-state index contributed by atoms with van der Waals surface area (Å²) in [6.07, 6.45) is 7.82. The molecule has 2 aromatic carbocycles. The number of amides is 1. The van der Waals surface area contributed by atoms with Crippen molar-refractivity contribution < 1.29 is 9.53 Å². The van der Waals surface area contributed by atoms with Gasteiger partial charge in [0.2, 0.25) is 0 Å². The highest BCUT2D eigenvalue weighted by Gasteiger charge is 2.45. The molecule has 5 nitrogen and oxygen atoms in total. The highest BCUT2D eigenvalue weighted by atomic mass is 16.5. The quantitative estimate of drug-likeness (QED) is 0.427. The van der Waals surface area contributed by atoms with Gasteiger partial charge in [0.1, 0.15) is 5.75 Å². The Morgan fingerprint density at radius 2 is 1.85 bits per heavy atom. The number of hydrogen-bond donors (Lipinski definition) is 1. The fourth-order valence-corrected chi connectivity index (χ4v) is 4.46. The number of carbonyl (C=O) groups is 1. The standard InChI is InChI=1S/C29H31N3O2/c1-7-9-12-19(8-2)20-15-17-21(18-16-20)32-26(22-13-10-11-14-23(22)34-6)24-25(28(32)33)30-31-27(24)29(3,4)5/h7-18,26H,2H2,1,3-6H3,(H,30,31)/b9-7-,19-12+. The second-order valence-corrected chi connectivity index (χ2v) is 9.33. The maximum Gasteiger partial charge on any atom is 0.280 e. The van der Waals surface area contributed by atoms with E-state index in [0.717, 1.165) is 39.4 Å². The number of anilines is 1. The van der Waals surface area contributed by atoms with Crippen LogP contribution in [0.3, 0.4) is 0 Å². The smallest absolute Gasteiger partial charge is 0.280 e. The Morgan fingerprint density at radius 1 is 1.15 bits per heavy atom. The van der Waals surface area contributed by atoms with Gasteiger partial charge in [-0.1, -0.05) is 82.0 Å². The van der Waals surface area contributed by atoms with Gasteiger partial charge in [-0.3, -0.25) is 14.8 Å². The van der Waals surface area contributed by atoms with Crippen molar-refractivity contribution in [2.24, 2.45) is 0 Å². The van der Waals surface area contributed by atoms with Crippen molar-refractivity contribution in [3.05, 3.63) is 107 Å². The minimum Gasteiger partial charge on any atom is -0.496 e. The van der Waals surface area contributed by atoms with Gasteiger partial charge in [0.15, 0.2) is 5.69 Å². The lowest BCUT2D eigenvalue weighted by Gasteiger charge is -2.29. The molecule has 0 aliphatic carbocycles. The Kier molecular flexibility index (Phi) is 6.29. The molecule has 0 saturated carbocycles. The Bertz CT molecular complexity index is 1270. The summed E-state index contributed by atoms with van der Waals surface area (Å²) in [4.78, 5) is 15.5. The van der Waals surface area contributed by atoms with Crippen molar-refractivity contribution in [3.63, 3.8) is 0 Å². The van der Waals surface area contributed by atoms with Gasteiger partial charge < -0.3 is 4.74 Å². The average Bonchev–Trinajstić information content (AvgIpc) is 3.39. The molecule has 0 bridgehead atoms. The average molecular weight is 454 g/mol. The zero-order valence-electron chi connectivity index (χ0n) is 20.4. The summed E-state index contributed by atoms with van der Waals surface area (Å²) < 4.78 is 5.70. The summed E-state index contributed by atoms with van der Waals surface area (Å²) in [5.74, 6) is 0.609. The normalized spacial score (nSPS) is 16.3. The highest BCUT2D eigenvalue weighted by Crippen LogP contribution is 2.47. The van der Waals surface area contributed by atoms with Crippen LogP contribution in [-0.4, -0.2) is 23.2 Å². The second kappa shape index (κ2) is 9.18. The molecule has 3 aromatic rings. The van der Waals surface area contributed by atoms with E-state index in [1.54, 1.807) is 7.11 Å². The van der Waals surface area contributed by atoms with Crippen LogP contribution in [0.15, 0.2) is 79.4 Å². The lowest BCUT2D eigenvalue weighted by Crippen LogP contribution is -2.30. The SMILES string of the molecule is C=C/C(=C\C=C/C)c1ccc(N2C(=O)c3n[nH]c(C(C)(C)C)c3C2c2ccccc2OC)cc1. The summed E-state index contributed by atoms with van der Waals surface area (Å²) in [5, 5.41) is 7.60. The number of aromatic amines is 1. The van der Waals surface area contributed by atoms with Crippen molar-refractivity contribution in [2.45, 2.75) is 39.2 Å². The van der Waals surface area contributed by atoms with Crippen molar-refractivity contribution in [3.8, 4) is 5.75 Å². The lowest BCUT2D eigenvalue weighted by molar-refractivity contribution is 0.0988. The monoisotopic (exact) mass is 453 g/mol. The molecule has 1 aliphatic heterocycles. The van der Waals surface area contributed by atoms with E-state index in [9.17, 15) is 4.79 Å². The second-order valence-electron chi connectivity index (χ2n) is 9.33. The number of aromatic nitrogens is 2. The van der Waals surface area contributed by atoms with E-state index in [4.69, 9.17) is 4.74 Å². The van der Waals surface area contributed by atoms with Gasteiger partial charge in [-0.15, -0.1) is 0 Å². The van der Waals surface area contributed by atoms with Gasteiger partial charge in [0.05, 0.1) is 13.2 Å². The zero-order valence-corrected chi connectivity index (χ0v) is 20.4. The molecule has 1 aliphatic rings. The van der Waals surface area contributed by atoms with Crippen LogP contribution < -0.4 is 9.64 Å². The molecule has 1 N–H and O–H groups in total. The Hall–Kier alpha value is -3.86. The summed E-state index contributed by atoms with van der Waals surface area (Å²) in [6, 6.07) is 15.5. The summed E-state index contributed by atoms with van der Waals surface area (Å²) in [5.41, 5.74) is 5.89. The summed E-state index contributed by atoms with van der Waals surface area (Å²) >= 11 is 0. The third kappa shape index (κ3) is 3.98. The van der Waals surface area contributed by atoms with Gasteiger partial charge in [-0.05, 0) is 36.3 Å². The number of para-hydroxylation sites is 1. The van der Waals surface area contributed by atoms with E-state index >= 15 is 0 Å². The molecule has 0 fully saturated rings. The Labute approximate surface area is 201 Å². The molecular formula is C29H31N3O2. The number of allylic oxidation sites excluding steroid dienone is 5. The van der Waals surface area contributed by atoms with Crippen LogP contribution in [-0.2, 0) is 5.41 Å². The van der Waals surface area contributed by atoms with E-state index in [0.29, 0.717) is 5.69 Å². The number of methoxy groups -OCH3 is 1. The number of H-pyrrole nitrogens is 1. The van der Waals surface area contributed by atoms with E-state index in [-0.39, 0.29) is 17.4 Å². The van der Waals surface area contributed by atoms with Gasteiger partial charge in [-0.2, -0.15) is 5.10 Å². The molecule has 1 unspecified atom stereocenters. The fraction of sp³-hybridized carbons (Fsp3) is 0.241. The van der Waals surface area contributed by atoms with Gasteiger partial charge in [0, 0.05) is 27.9 Å². The molecule has 5 heteroatoms. The molecule has 0 spiro atoms. The first-order chi connectivity index (χ1) is 16.3. The lowest BCUT2D eigenvalue weighted by atomic mass is 9.85. The first-order valence-corrected chi connectivity index (χ1v) is 11.4. The predicted molar refractivity (Wildman–Crippen MR) is 138 cm³/mol. The summed E-state index contributed by atoms with van der Waals surface area (Å²) in [6.45, 7) is 12.3. The van der Waals surface area contributed by atoms with Crippen molar-refractivity contribution in [1.29, 1.82) is 0 Å². The van der Waals surface area contributed by atoms with Gasteiger partial charge >= 0.3 is 0 Å².